The van der Waals surface area contributed by atoms with E-state index in [0.29, 0.717) is 22.9 Å². The lowest BCUT2D eigenvalue weighted by atomic mass is 10.2. The molecule has 6 nitrogen and oxygen atoms in total. The molecule has 0 aliphatic carbocycles. The molecule has 3 aromatic heterocycles. The highest BCUT2D eigenvalue weighted by molar-refractivity contribution is 7.08. The van der Waals surface area contributed by atoms with Crippen LogP contribution in [0.5, 0.6) is 0 Å². The second-order valence-electron chi connectivity index (χ2n) is 5.43. The van der Waals surface area contributed by atoms with Crippen molar-refractivity contribution in [3.63, 3.8) is 0 Å². The van der Waals surface area contributed by atoms with E-state index in [2.05, 4.69) is 28.7 Å². The van der Waals surface area contributed by atoms with Gasteiger partial charge in [0.1, 0.15) is 5.82 Å². The number of aliphatic carboxylic acids is 1. The van der Waals surface area contributed by atoms with Gasteiger partial charge in [-0.05, 0) is 37.4 Å². The van der Waals surface area contributed by atoms with Gasteiger partial charge in [-0.25, -0.2) is 9.97 Å². The Morgan fingerprint density at radius 2 is 2.04 bits per heavy atom. The quantitative estimate of drug-likeness (QED) is 0.647. The first kappa shape index (κ1) is 17.2. The van der Waals surface area contributed by atoms with Crippen LogP contribution >= 0.6 is 11.3 Å². The molecule has 3 heterocycles. The molecule has 0 N–H and O–H groups in total. The average Bonchev–Trinajstić information content (AvgIpc) is 3.25. The number of thiophene rings is 1. The van der Waals surface area contributed by atoms with Crippen LogP contribution in [0.3, 0.4) is 0 Å². The number of aromatic nitrogens is 2. The van der Waals surface area contributed by atoms with Crippen molar-refractivity contribution >= 4 is 23.1 Å². The van der Waals surface area contributed by atoms with Crippen LogP contribution in [0.4, 0.5) is 5.82 Å². The number of hydrogen-bond donors (Lipinski definition) is 0. The van der Waals surface area contributed by atoms with Gasteiger partial charge in [0, 0.05) is 42.6 Å². The van der Waals surface area contributed by atoms with Gasteiger partial charge in [0.05, 0.1) is 11.3 Å². The first-order valence-electron chi connectivity index (χ1n) is 8.05. The van der Waals surface area contributed by atoms with E-state index >= 15 is 0 Å². The van der Waals surface area contributed by atoms with E-state index in [4.69, 9.17) is 4.42 Å². The molecule has 0 fully saturated rings. The minimum absolute atomic E-state index is 0.292. The highest BCUT2D eigenvalue weighted by Gasteiger charge is 2.17. The van der Waals surface area contributed by atoms with Gasteiger partial charge in [-0.15, -0.1) is 0 Å². The Hall–Kier alpha value is -2.67. The van der Waals surface area contributed by atoms with E-state index in [-0.39, 0.29) is 6.42 Å². The van der Waals surface area contributed by atoms with Crippen molar-refractivity contribution in [3.8, 4) is 22.8 Å². The van der Waals surface area contributed by atoms with Crippen molar-refractivity contribution < 1.29 is 14.3 Å². The third kappa shape index (κ3) is 3.71. The van der Waals surface area contributed by atoms with Crippen molar-refractivity contribution in [2.24, 2.45) is 0 Å². The Kier molecular flexibility index (Phi) is 5.14. The Balaban J connectivity index is 1.96. The van der Waals surface area contributed by atoms with Crippen molar-refractivity contribution in [3.05, 3.63) is 40.8 Å². The molecule has 3 rings (SSSR count). The summed E-state index contributed by atoms with van der Waals surface area (Å²) in [5.41, 5.74) is 1.88. The van der Waals surface area contributed by atoms with E-state index < -0.39 is 5.97 Å². The standard InChI is InChI=1S/C18H19N3O3S/c1-3-21(4-2)15-6-5-12(10-19-15)18-20-14(9-16(22)23)17(24-18)13-7-8-25-11-13/h5-8,10-11H,3-4,9H2,1-2H3,(H,22,23)/p-1. The van der Waals surface area contributed by atoms with Gasteiger partial charge in [-0.1, -0.05) is 0 Å². The maximum atomic E-state index is 11.0. The summed E-state index contributed by atoms with van der Waals surface area (Å²) in [7, 11) is 0. The summed E-state index contributed by atoms with van der Waals surface area (Å²) >= 11 is 1.51. The summed E-state index contributed by atoms with van der Waals surface area (Å²) in [6.07, 6.45) is 1.40. The molecule has 7 heteroatoms. The number of anilines is 1. The Labute approximate surface area is 149 Å². The molecule has 0 spiro atoms. The van der Waals surface area contributed by atoms with Gasteiger partial charge in [0.25, 0.3) is 0 Å². The molecule has 0 amide bonds. The molecule has 0 atom stereocenters. The van der Waals surface area contributed by atoms with Crippen LogP contribution < -0.4 is 10.0 Å². The molecule has 0 aliphatic heterocycles. The predicted molar refractivity (Wildman–Crippen MR) is 95.3 cm³/mol. The molecule has 130 valence electrons. The van der Waals surface area contributed by atoms with Crippen LogP contribution in [-0.2, 0) is 11.2 Å². The van der Waals surface area contributed by atoms with Crippen molar-refractivity contribution in [1.82, 2.24) is 9.97 Å². The van der Waals surface area contributed by atoms with Gasteiger partial charge >= 0.3 is 0 Å². The van der Waals surface area contributed by atoms with Crippen LogP contribution in [0, 0.1) is 0 Å². The Bertz CT molecular complexity index is 837. The monoisotopic (exact) mass is 356 g/mol. The van der Waals surface area contributed by atoms with Gasteiger partial charge in [0.2, 0.25) is 5.89 Å². The molecule has 0 saturated heterocycles. The Morgan fingerprint density at radius 1 is 1.24 bits per heavy atom. The zero-order valence-electron chi connectivity index (χ0n) is 14.1. The van der Waals surface area contributed by atoms with E-state index in [1.807, 2.05) is 29.0 Å². The fourth-order valence-electron chi connectivity index (χ4n) is 2.60. The summed E-state index contributed by atoms with van der Waals surface area (Å²) in [4.78, 5) is 22.0. The topological polar surface area (TPSA) is 82.3 Å². The van der Waals surface area contributed by atoms with E-state index in [1.54, 1.807) is 6.20 Å². The van der Waals surface area contributed by atoms with Gasteiger partial charge in [0.15, 0.2) is 5.76 Å². The lowest BCUT2D eigenvalue weighted by Gasteiger charge is -2.19. The number of oxazole rings is 1. The molecule has 0 saturated carbocycles. The van der Waals surface area contributed by atoms with Crippen LogP contribution in [-0.4, -0.2) is 29.0 Å². The number of carbonyl (C=O) groups is 1. The van der Waals surface area contributed by atoms with Crippen molar-refractivity contribution in [2.45, 2.75) is 20.3 Å². The van der Waals surface area contributed by atoms with Crippen LogP contribution in [0.15, 0.2) is 39.6 Å². The maximum absolute atomic E-state index is 11.0. The smallest absolute Gasteiger partial charge is 0.228 e. The maximum Gasteiger partial charge on any atom is 0.228 e. The summed E-state index contributed by atoms with van der Waals surface area (Å²) in [5, 5.41) is 14.8. The van der Waals surface area contributed by atoms with Crippen molar-refractivity contribution in [2.75, 3.05) is 18.0 Å². The highest BCUT2D eigenvalue weighted by Crippen LogP contribution is 2.31. The molecule has 0 radical (unpaired) electrons. The van der Waals surface area contributed by atoms with E-state index in [0.717, 1.165) is 24.5 Å². The second kappa shape index (κ2) is 7.48. The lowest BCUT2D eigenvalue weighted by Crippen LogP contribution is -2.24. The fraction of sp³-hybridized carbons (Fsp3) is 0.278. The molecular formula is C18H18N3O3S-. The molecule has 0 unspecified atom stereocenters. The highest BCUT2D eigenvalue weighted by atomic mass is 32.1. The third-order valence-electron chi connectivity index (χ3n) is 3.87. The van der Waals surface area contributed by atoms with Gasteiger partial charge in [-0.2, -0.15) is 11.3 Å². The number of hydrogen-bond acceptors (Lipinski definition) is 7. The number of rotatable bonds is 7. The molecular weight excluding hydrogens is 338 g/mol. The molecule has 0 bridgehead atoms. The first-order chi connectivity index (χ1) is 12.1. The summed E-state index contributed by atoms with van der Waals surface area (Å²) < 4.78 is 5.85. The lowest BCUT2D eigenvalue weighted by molar-refractivity contribution is -0.304. The molecule has 0 aromatic carbocycles. The fourth-order valence-corrected chi connectivity index (χ4v) is 3.23. The third-order valence-corrected chi connectivity index (χ3v) is 4.56. The average molecular weight is 356 g/mol. The molecule has 25 heavy (non-hydrogen) atoms. The van der Waals surface area contributed by atoms with Crippen LogP contribution in [0.2, 0.25) is 0 Å². The van der Waals surface area contributed by atoms with Crippen molar-refractivity contribution in [1.29, 1.82) is 0 Å². The normalized spacial score (nSPS) is 10.8. The van der Waals surface area contributed by atoms with Gasteiger partial charge < -0.3 is 19.2 Å². The number of nitrogens with zero attached hydrogens (tertiary/aromatic N) is 3. The van der Waals surface area contributed by atoms with Crippen LogP contribution in [0.1, 0.15) is 19.5 Å². The Morgan fingerprint density at radius 3 is 2.60 bits per heavy atom. The number of carboxylic acids is 1. The second-order valence-corrected chi connectivity index (χ2v) is 6.21. The van der Waals surface area contributed by atoms with Crippen LogP contribution in [0.25, 0.3) is 22.8 Å². The molecule has 0 aliphatic rings. The SMILES string of the molecule is CCN(CC)c1ccc(-c2nc(CC(=O)[O-])c(-c3ccsc3)o2)cn1. The summed E-state index contributed by atoms with van der Waals surface area (Å²) in [6.45, 7) is 5.90. The molecule has 3 aromatic rings. The van der Waals surface area contributed by atoms with Gasteiger partial charge in [-0.3, -0.25) is 0 Å². The summed E-state index contributed by atoms with van der Waals surface area (Å²) in [6, 6.07) is 5.66. The predicted octanol–water partition coefficient (Wildman–Crippen LogP) is 2.60. The minimum Gasteiger partial charge on any atom is -0.550 e. The number of carboxylic acid groups (broad SMARTS) is 1. The minimum atomic E-state index is -1.19. The number of pyridine rings is 1. The summed E-state index contributed by atoms with van der Waals surface area (Å²) in [5.74, 6) is 0.518. The zero-order valence-corrected chi connectivity index (χ0v) is 14.9. The largest absolute Gasteiger partial charge is 0.550 e. The zero-order chi connectivity index (χ0) is 17.8. The van der Waals surface area contributed by atoms with E-state index in [1.165, 1.54) is 11.3 Å². The first-order valence-corrected chi connectivity index (χ1v) is 9.00. The number of carbonyl (C=O) groups excluding carboxylic acids is 1. The van der Waals surface area contributed by atoms with E-state index in [9.17, 15) is 9.90 Å².